The number of rotatable bonds is 4. The van der Waals surface area contributed by atoms with Crippen molar-refractivity contribution < 1.29 is 9.18 Å². The first-order valence-corrected chi connectivity index (χ1v) is 9.09. The molecule has 0 aliphatic carbocycles. The molecule has 1 saturated heterocycles. The quantitative estimate of drug-likeness (QED) is 0.819. The van der Waals surface area contributed by atoms with E-state index in [1.54, 1.807) is 18.2 Å². The van der Waals surface area contributed by atoms with Crippen molar-refractivity contribution in [3.8, 4) is 0 Å². The summed E-state index contributed by atoms with van der Waals surface area (Å²) in [6.45, 7) is 12.6. The van der Waals surface area contributed by atoms with Crippen molar-refractivity contribution >= 4 is 28.8 Å². The number of nitrogens with one attached hydrogen (secondary N) is 1. The highest BCUT2D eigenvalue weighted by molar-refractivity contribution is 6.09. The van der Waals surface area contributed by atoms with Crippen molar-refractivity contribution in [3.05, 3.63) is 65.3 Å². The van der Waals surface area contributed by atoms with Crippen LogP contribution in [-0.2, 0) is 0 Å². The van der Waals surface area contributed by atoms with Gasteiger partial charge in [0, 0.05) is 25.3 Å². The number of hydrogen-bond acceptors (Lipinski definition) is 3. The van der Waals surface area contributed by atoms with Gasteiger partial charge in [-0.3, -0.25) is 9.69 Å². The molecule has 0 atom stereocenters. The molecule has 6 nitrogen and oxygen atoms in total. The minimum absolute atomic E-state index is 0.287. The van der Waals surface area contributed by atoms with Gasteiger partial charge in [0.05, 0.1) is 24.4 Å². The van der Waals surface area contributed by atoms with Crippen LogP contribution in [0.1, 0.15) is 17.3 Å². The molecule has 2 aromatic carbocycles. The normalized spacial score (nSPS) is 16.1. The number of carbonyl (C=O) groups excluding carboxylic acids is 1. The molecular formula is C21H22FN5O. The van der Waals surface area contributed by atoms with Gasteiger partial charge in [-0.25, -0.2) is 14.2 Å². The van der Waals surface area contributed by atoms with Gasteiger partial charge in [-0.05, 0) is 44.3 Å². The molecule has 0 spiro atoms. The molecular weight excluding hydrogens is 357 g/mol. The van der Waals surface area contributed by atoms with Crippen LogP contribution in [0.15, 0.2) is 47.5 Å². The molecule has 1 fully saturated rings. The Morgan fingerprint density at radius 2 is 2.11 bits per heavy atom. The van der Waals surface area contributed by atoms with Gasteiger partial charge in [0.1, 0.15) is 11.7 Å². The molecule has 1 N–H and O–H groups in total. The van der Waals surface area contributed by atoms with E-state index >= 15 is 0 Å². The van der Waals surface area contributed by atoms with Gasteiger partial charge in [-0.1, -0.05) is 12.1 Å². The average Bonchev–Trinajstić information content (AvgIpc) is 2.68. The summed E-state index contributed by atoms with van der Waals surface area (Å²) in [5, 5.41) is 2.69. The Labute approximate surface area is 164 Å². The SMILES string of the molecule is [C-]#[N+]c1ccc(N=C2CN(C)CCN2CC)c(C(=O)Nc2cccc(F)c2)c1. The fourth-order valence-electron chi connectivity index (χ4n) is 3.06. The average molecular weight is 379 g/mol. The maximum absolute atomic E-state index is 13.4. The number of amides is 1. The van der Waals surface area contributed by atoms with Crippen LogP contribution in [0.4, 0.5) is 21.5 Å². The maximum atomic E-state index is 13.4. The minimum Gasteiger partial charge on any atom is -0.358 e. The lowest BCUT2D eigenvalue weighted by Crippen LogP contribution is -2.48. The third-order valence-electron chi connectivity index (χ3n) is 4.60. The third kappa shape index (κ3) is 4.53. The summed E-state index contributed by atoms with van der Waals surface area (Å²) in [7, 11) is 2.03. The first-order chi connectivity index (χ1) is 13.5. The van der Waals surface area contributed by atoms with E-state index in [2.05, 4.69) is 26.9 Å². The largest absolute Gasteiger partial charge is 0.358 e. The molecule has 1 heterocycles. The Hall–Kier alpha value is -3.24. The van der Waals surface area contributed by atoms with E-state index in [0.717, 1.165) is 25.5 Å². The van der Waals surface area contributed by atoms with Crippen LogP contribution in [0.5, 0.6) is 0 Å². The third-order valence-corrected chi connectivity index (χ3v) is 4.60. The molecule has 2 aromatic rings. The molecule has 7 heteroatoms. The highest BCUT2D eigenvalue weighted by Crippen LogP contribution is 2.27. The molecule has 0 saturated carbocycles. The van der Waals surface area contributed by atoms with Gasteiger partial charge in [0.2, 0.25) is 0 Å². The molecule has 1 amide bonds. The van der Waals surface area contributed by atoms with Crippen LogP contribution in [0.3, 0.4) is 0 Å². The predicted octanol–water partition coefficient (Wildman–Crippen LogP) is 3.93. The van der Waals surface area contributed by atoms with Crippen molar-refractivity contribution in [2.75, 3.05) is 38.5 Å². The number of aliphatic imine (C=N–C) groups is 1. The standard InChI is InChI=1S/C21H22FN5O/c1-4-27-11-10-26(3)14-20(27)25-19-9-8-16(23-2)13-18(19)21(28)24-17-7-5-6-15(22)12-17/h5-9,12-13H,4,10-11,14H2,1,3H3,(H,24,28). The fraction of sp³-hybridized carbons (Fsp3) is 0.286. The van der Waals surface area contributed by atoms with Gasteiger partial charge in [-0.15, -0.1) is 0 Å². The fourth-order valence-corrected chi connectivity index (χ4v) is 3.06. The second-order valence-corrected chi connectivity index (χ2v) is 6.62. The molecule has 28 heavy (non-hydrogen) atoms. The van der Waals surface area contributed by atoms with E-state index in [9.17, 15) is 9.18 Å². The number of benzene rings is 2. The number of amidine groups is 1. The second-order valence-electron chi connectivity index (χ2n) is 6.62. The van der Waals surface area contributed by atoms with Gasteiger partial charge < -0.3 is 10.2 Å². The van der Waals surface area contributed by atoms with Crippen LogP contribution in [-0.4, -0.2) is 54.8 Å². The van der Waals surface area contributed by atoms with Crippen molar-refractivity contribution in [2.24, 2.45) is 4.99 Å². The van der Waals surface area contributed by atoms with E-state index in [0.29, 0.717) is 23.6 Å². The van der Waals surface area contributed by atoms with Crippen LogP contribution in [0, 0.1) is 12.4 Å². The van der Waals surface area contributed by atoms with Gasteiger partial charge in [0.15, 0.2) is 5.69 Å². The summed E-state index contributed by atoms with van der Waals surface area (Å²) in [5.41, 5.74) is 1.48. The summed E-state index contributed by atoms with van der Waals surface area (Å²) in [6, 6.07) is 10.5. The topological polar surface area (TPSA) is 52.3 Å². The summed E-state index contributed by atoms with van der Waals surface area (Å²) in [5.74, 6) is 0.0197. The molecule has 0 radical (unpaired) electrons. The zero-order chi connectivity index (χ0) is 20.1. The molecule has 1 aliphatic rings. The first kappa shape index (κ1) is 19.5. The lowest BCUT2D eigenvalue weighted by Gasteiger charge is -2.34. The van der Waals surface area contributed by atoms with Crippen molar-refractivity contribution in [2.45, 2.75) is 6.92 Å². The van der Waals surface area contributed by atoms with Crippen molar-refractivity contribution in [3.63, 3.8) is 0 Å². The summed E-state index contributed by atoms with van der Waals surface area (Å²) in [4.78, 5) is 25.3. The summed E-state index contributed by atoms with van der Waals surface area (Å²) in [6.07, 6.45) is 0. The highest BCUT2D eigenvalue weighted by atomic mass is 19.1. The van der Waals surface area contributed by atoms with Crippen LogP contribution >= 0.6 is 0 Å². The molecule has 0 bridgehead atoms. The molecule has 1 aliphatic heterocycles. The van der Waals surface area contributed by atoms with E-state index in [1.165, 1.54) is 24.3 Å². The van der Waals surface area contributed by atoms with E-state index < -0.39 is 11.7 Å². The molecule has 3 rings (SSSR count). The number of halogens is 1. The number of anilines is 1. The number of carbonyl (C=O) groups is 1. The minimum atomic E-state index is -0.433. The Morgan fingerprint density at radius 3 is 2.82 bits per heavy atom. The Kier molecular flexibility index (Phi) is 6.02. The Bertz CT molecular complexity index is 950. The lowest BCUT2D eigenvalue weighted by molar-refractivity contribution is 0.102. The van der Waals surface area contributed by atoms with Crippen molar-refractivity contribution in [1.29, 1.82) is 0 Å². The molecule has 0 unspecified atom stereocenters. The number of likely N-dealkylation sites (N-methyl/N-ethyl adjacent to an activating group) is 2. The number of hydrogen-bond donors (Lipinski definition) is 1. The predicted molar refractivity (Wildman–Crippen MR) is 109 cm³/mol. The van der Waals surface area contributed by atoms with Crippen molar-refractivity contribution in [1.82, 2.24) is 9.80 Å². The lowest BCUT2D eigenvalue weighted by atomic mass is 10.1. The van der Waals surface area contributed by atoms with Crippen LogP contribution in [0.25, 0.3) is 4.85 Å². The van der Waals surface area contributed by atoms with Gasteiger partial charge in [0.25, 0.3) is 5.91 Å². The summed E-state index contributed by atoms with van der Waals surface area (Å²) >= 11 is 0. The number of piperazine rings is 1. The zero-order valence-electron chi connectivity index (χ0n) is 15.9. The Morgan fingerprint density at radius 1 is 1.29 bits per heavy atom. The molecule has 0 aromatic heterocycles. The van der Waals surface area contributed by atoms with Crippen LogP contribution < -0.4 is 5.32 Å². The van der Waals surface area contributed by atoms with Gasteiger partial charge in [-0.2, -0.15) is 0 Å². The summed E-state index contributed by atoms with van der Waals surface area (Å²) < 4.78 is 13.4. The molecule has 144 valence electrons. The Balaban J connectivity index is 1.97. The van der Waals surface area contributed by atoms with E-state index in [-0.39, 0.29) is 5.56 Å². The first-order valence-electron chi connectivity index (χ1n) is 9.09. The highest BCUT2D eigenvalue weighted by Gasteiger charge is 2.20. The van der Waals surface area contributed by atoms with E-state index in [4.69, 9.17) is 11.6 Å². The van der Waals surface area contributed by atoms with Gasteiger partial charge >= 0.3 is 0 Å². The second kappa shape index (κ2) is 8.63. The number of nitrogens with zero attached hydrogens (tertiary/aromatic N) is 4. The zero-order valence-corrected chi connectivity index (χ0v) is 15.9. The smallest absolute Gasteiger partial charge is 0.256 e. The monoisotopic (exact) mass is 379 g/mol. The van der Waals surface area contributed by atoms with E-state index in [1.807, 2.05) is 7.05 Å². The maximum Gasteiger partial charge on any atom is 0.256 e. The van der Waals surface area contributed by atoms with Crippen LogP contribution in [0.2, 0.25) is 0 Å².